The molecule has 0 aliphatic carbocycles. The summed E-state index contributed by atoms with van der Waals surface area (Å²) < 4.78 is 39.4. The van der Waals surface area contributed by atoms with Crippen LogP contribution in [0, 0.1) is 6.92 Å². The van der Waals surface area contributed by atoms with Gasteiger partial charge in [-0.05, 0) is 31.2 Å². The molecule has 1 aromatic heterocycles. The fourth-order valence-corrected chi connectivity index (χ4v) is 4.45. The van der Waals surface area contributed by atoms with Gasteiger partial charge >= 0.3 is 0 Å². The molecule has 1 aliphatic rings. The van der Waals surface area contributed by atoms with Gasteiger partial charge in [-0.2, -0.15) is 0 Å². The molecule has 0 saturated heterocycles. The summed E-state index contributed by atoms with van der Waals surface area (Å²) in [6.45, 7) is 2.99. The van der Waals surface area contributed by atoms with Crippen molar-refractivity contribution in [1.29, 1.82) is 0 Å². The van der Waals surface area contributed by atoms with Gasteiger partial charge in [0, 0.05) is 29.1 Å². The summed E-state index contributed by atoms with van der Waals surface area (Å²) in [6.07, 6.45) is 0.762. The zero-order valence-corrected chi connectivity index (χ0v) is 16.3. The number of anilines is 1. The van der Waals surface area contributed by atoms with E-state index >= 15 is 0 Å². The first-order chi connectivity index (χ1) is 13.0. The first-order valence-corrected chi connectivity index (χ1v) is 10.8. The lowest BCUT2D eigenvalue weighted by Crippen LogP contribution is -2.13. The van der Waals surface area contributed by atoms with Gasteiger partial charge in [-0.1, -0.05) is 12.1 Å². The van der Waals surface area contributed by atoms with Crippen LogP contribution < -0.4 is 14.2 Å². The molecule has 4 rings (SSSR count). The summed E-state index contributed by atoms with van der Waals surface area (Å²) >= 11 is 1.55. The fraction of sp³-hybridized carbons (Fsp3) is 0.211. The van der Waals surface area contributed by atoms with Crippen LogP contribution in [0.15, 0.2) is 52.7 Å². The van der Waals surface area contributed by atoms with Crippen LogP contribution in [0.25, 0.3) is 11.3 Å². The van der Waals surface area contributed by atoms with Gasteiger partial charge in [-0.3, -0.25) is 4.72 Å². The van der Waals surface area contributed by atoms with Crippen molar-refractivity contribution in [3.63, 3.8) is 0 Å². The molecule has 0 saturated carbocycles. The smallest absolute Gasteiger partial charge is 0.262 e. The molecule has 6 nitrogen and oxygen atoms in total. The lowest BCUT2D eigenvalue weighted by molar-refractivity contribution is 0.297. The number of hydrogen-bond donors (Lipinski definition) is 1. The summed E-state index contributed by atoms with van der Waals surface area (Å²) in [5.74, 6) is 1.01. The predicted octanol–water partition coefficient (Wildman–Crippen LogP) is 4.08. The van der Waals surface area contributed by atoms with Gasteiger partial charge in [-0.15, -0.1) is 11.3 Å². The third kappa shape index (κ3) is 3.91. The van der Waals surface area contributed by atoms with E-state index in [0.29, 0.717) is 30.4 Å². The molecular weight excluding hydrogens is 384 g/mol. The van der Waals surface area contributed by atoms with Gasteiger partial charge in [0.05, 0.1) is 28.8 Å². The largest absolute Gasteiger partial charge is 0.490 e. The van der Waals surface area contributed by atoms with Crippen molar-refractivity contribution in [1.82, 2.24) is 4.98 Å². The van der Waals surface area contributed by atoms with E-state index in [1.54, 1.807) is 35.6 Å². The number of fused-ring (bicyclic) bond motifs is 1. The number of sulfonamides is 1. The molecule has 0 unspecified atom stereocenters. The van der Waals surface area contributed by atoms with E-state index in [9.17, 15) is 8.42 Å². The maximum absolute atomic E-state index is 12.8. The molecule has 2 heterocycles. The lowest BCUT2D eigenvalue weighted by Gasteiger charge is -2.12. The van der Waals surface area contributed by atoms with Crippen LogP contribution in [0.4, 0.5) is 5.69 Å². The zero-order chi connectivity index (χ0) is 18.9. The number of nitrogens with one attached hydrogen (secondary N) is 1. The minimum atomic E-state index is -3.76. The Hall–Kier alpha value is -2.58. The normalized spacial score (nSPS) is 13.8. The van der Waals surface area contributed by atoms with Crippen molar-refractivity contribution >= 4 is 27.0 Å². The lowest BCUT2D eigenvalue weighted by atomic mass is 10.1. The molecule has 0 bridgehead atoms. The number of benzene rings is 2. The van der Waals surface area contributed by atoms with E-state index in [-0.39, 0.29) is 4.90 Å². The highest BCUT2D eigenvalue weighted by molar-refractivity contribution is 7.92. The number of aromatic nitrogens is 1. The van der Waals surface area contributed by atoms with E-state index in [1.807, 2.05) is 18.4 Å². The van der Waals surface area contributed by atoms with Gasteiger partial charge < -0.3 is 9.47 Å². The van der Waals surface area contributed by atoms with Gasteiger partial charge in [-0.25, -0.2) is 13.4 Å². The summed E-state index contributed by atoms with van der Waals surface area (Å²) in [4.78, 5) is 4.57. The Kier molecular flexibility index (Phi) is 4.75. The van der Waals surface area contributed by atoms with Crippen molar-refractivity contribution in [3.8, 4) is 22.8 Å². The first kappa shape index (κ1) is 17.8. The Morgan fingerprint density at radius 1 is 1.07 bits per heavy atom. The zero-order valence-electron chi connectivity index (χ0n) is 14.6. The minimum absolute atomic E-state index is 0.127. The predicted molar refractivity (Wildman–Crippen MR) is 105 cm³/mol. The molecule has 0 amide bonds. The van der Waals surface area contributed by atoms with E-state index in [2.05, 4.69) is 9.71 Å². The summed E-state index contributed by atoms with van der Waals surface area (Å²) in [6, 6.07) is 11.8. The molecule has 1 aliphatic heterocycles. The Morgan fingerprint density at radius 3 is 2.67 bits per heavy atom. The topological polar surface area (TPSA) is 77.5 Å². The average molecular weight is 402 g/mol. The van der Waals surface area contributed by atoms with Crippen LogP contribution in [-0.4, -0.2) is 26.6 Å². The molecule has 140 valence electrons. The third-order valence-electron chi connectivity index (χ3n) is 4.06. The Bertz CT molecular complexity index is 1080. The second-order valence-electron chi connectivity index (χ2n) is 6.10. The van der Waals surface area contributed by atoms with Crippen molar-refractivity contribution in [2.75, 3.05) is 17.9 Å². The van der Waals surface area contributed by atoms with E-state index in [1.165, 1.54) is 12.1 Å². The molecule has 2 aromatic carbocycles. The van der Waals surface area contributed by atoms with Crippen molar-refractivity contribution in [2.24, 2.45) is 0 Å². The minimum Gasteiger partial charge on any atom is -0.490 e. The maximum atomic E-state index is 12.8. The second-order valence-corrected chi connectivity index (χ2v) is 8.84. The van der Waals surface area contributed by atoms with Crippen LogP contribution in [0.3, 0.4) is 0 Å². The number of nitrogens with zero attached hydrogens (tertiary/aromatic N) is 1. The molecule has 1 N–H and O–H groups in total. The van der Waals surface area contributed by atoms with Crippen LogP contribution >= 0.6 is 11.3 Å². The van der Waals surface area contributed by atoms with Crippen LogP contribution in [0.5, 0.6) is 11.5 Å². The molecule has 27 heavy (non-hydrogen) atoms. The summed E-state index contributed by atoms with van der Waals surface area (Å²) in [5.41, 5.74) is 2.16. The van der Waals surface area contributed by atoms with Crippen molar-refractivity contribution < 1.29 is 17.9 Å². The fourth-order valence-electron chi connectivity index (χ4n) is 2.76. The second kappa shape index (κ2) is 7.21. The molecular formula is C19H18N2O4S2. The standard InChI is InChI=1S/C19H18N2O4S2/c1-13-20-17(12-26-13)14-4-2-5-15(10-14)21-27(22,23)16-6-7-18-19(11-16)25-9-3-8-24-18/h2,4-7,10-12,21H,3,8-9H2,1H3. The highest BCUT2D eigenvalue weighted by atomic mass is 32.2. The third-order valence-corrected chi connectivity index (χ3v) is 6.21. The highest BCUT2D eigenvalue weighted by Gasteiger charge is 2.19. The summed E-state index contributed by atoms with van der Waals surface area (Å²) in [5, 5.41) is 2.91. The molecule has 3 aromatic rings. The van der Waals surface area contributed by atoms with Crippen molar-refractivity contribution in [2.45, 2.75) is 18.2 Å². The van der Waals surface area contributed by atoms with Crippen LogP contribution in [0.2, 0.25) is 0 Å². The molecule has 0 atom stereocenters. The quantitative estimate of drug-likeness (QED) is 0.711. The molecule has 0 spiro atoms. The SMILES string of the molecule is Cc1nc(-c2cccc(NS(=O)(=O)c3ccc4c(c3)OCCCO4)c2)cs1. The van der Waals surface area contributed by atoms with Gasteiger partial charge in [0.25, 0.3) is 10.0 Å². The monoisotopic (exact) mass is 402 g/mol. The number of ether oxygens (including phenoxy) is 2. The summed E-state index contributed by atoms with van der Waals surface area (Å²) in [7, 11) is -3.76. The molecule has 8 heteroatoms. The maximum Gasteiger partial charge on any atom is 0.262 e. The Balaban J connectivity index is 1.61. The molecule has 0 fully saturated rings. The van der Waals surface area contributed by atoms with E-state index in [0.717, 1.165) is 22.7 Å². The Morgan fingerprint density at radius 2 is 1.89 bits per heavy atom. The Labute approximate surface area is 161 Å². The highest BCUT2D eigenvalue weighted by Crippen LogP contribution is 2.33. The van der Waals surface area contributed by atoms with Crippen molar-refractivity contribution in [3.05, 3.63) is 52.9 Å². The number of hydrogen-bond acceptors (Lipinski definition) is 6. The van der Waals surface area contributed by atoms with Gasteiger partial charge in [0.1, 0.15) is 0 Å². The van der Waals surface area contributed by atoms with Gasteiger partial charge in [0.15, 0.2) is 11.5 Å². The number of thiazole rings is 1. The van der Waals surface area contributed by atoms with Crippen LogP contribution in [-0.2, 0) is 10.0 Å². The number of aryl methyl sites for hydroxylation is 1. The average Bonchev–Trinajstić information content (AvgIpc) is 2.95. The molecule has 0 radical (unpaired) electrons. The number of rotatable bonds is 4. The van der Waals surface area contributed by atoms with E-state index in [4.69, 9.17) is 9.47 Å². The first-order valence-electron chi connectivity index (χ1n) is 8.46. The van der Waals surface area contributed by atoms with Crippen LogP contribution in [0.1, 0.15) is 11.4 Å². The van der Waals surface area contributed by atoms with Gasteiger partial charge in [0.2, 0.25) is 0 Å². The van der Waals surface area contributed by atoms with E-state index < -0.39 is 10.0 Å².